The van der Waals surface area contributed by atoms with E-state index in [-0.39, 0.29) is 13.1 Å². The van der Waals surface area contributed by atoms with Crippen molar-refractivity contribution in [1.82, 2.24) is 9.80 Å². The molecule has 4 aromatic rings. The van der Waals surface area contributed by atoms with Gasteiger partial charge < -0.3 is 14.4 Å². The van der Waals surface area contributed by atoms with Crippen LogP contribution in [0.5, 0.6) is 0 Å². The van der Waals surface area contributed by atoms with Gasteiger partial charge in [-0.3, -0.25) is 19.3 Å². The number of nitrogens with zero attached hydrogens (tertiary/aromatic N) is 2. The van der Waals surface area contributed by atoms with Gasteiger partial charge in [0.1, 0.15) is 0 Å². The molecule has 7 heteroatoms. The second kappa shape index (κ2) is 9.54. The van der Waals surface area contributed by atoms with Gasteiger partial charge in [0, 0.05) is 13.1 Å². The van der Waals surface area contributed by atoms with Gasteiger partial charge in [0.15, 0.2) is 16.6 Å². The van der Waals surface area contributed by atoms with Crippen LogP contribution in [0, 0.1) is 10.8 Å². The number of ketones is 1. The number of hydrogen-bond acceptors (Lipinski definition) is 7. The summed E-state index contributed by atoms with van der Waals surface area (Å²) in [7, 11) is 6.35. The molecule has 0 radical (unpaired) electrons. The number of methoxy groups -OCH3 is 2. The Balaban J connectivity index is 1.74. The van der Waals surface area contributed by atoms with Gasteiger partial charge in [-0.25, -0.2) is 0 Å². The van der Waals surface area contributed by atoms with Gasteiger partial charge in [0.25, 0.3) is 0 Å². The number of Topliss-reactive ketones (excluding diaryl/α,β-unsaturated/α-hetero) is 1. The van der Waals surface area contributed by atoms with Crippen molar-refractivity contribution in [3.63, 3.8) is 0 Å². The van der Waals surface area contributed by atoms with Crippen molar-refractivity contribution in [1.29, 1.82) is 0 Å². The van der Waals surface area contributed by atoms with Crippen LogP contribution >= 0.6 is 0 Å². The molecule has 204 valence electrons. The predicted molar refractivity (Wildman–Crippen MR) is 153 cm³/mol. The van der Waals surface area contributed by atoms with E-state index in [1.165, 1.54) is 14.2 Å². The zero-order valence-corrected chi connectivity index (χ0v) is 23.1. The topological polar surface area (TPSA) is 76.1 Å². The summed E-state index contributed by atoms with van der Waals surface area (Å²) in [6, 6.07) is 26.3. The van der Waals surface area contributed by atoms with Gasteiger partial charge in [-0.2, -0.15) is 0 Å². The van der Waals surface area contributed by atoms with Crippen LogP contribution < -0.4 is 0 Å². The monoisotopic (exact) mass is 536 g/mol. The van der Waals surface area contributed by atoms with Gasteiger partial charge in [-0.15, -0.1) is 0 Å². The standard InChI is InChI=1S/C33H32N2O5/c1-34-19-32(30(37)39-3)27(25-17-9-13-21-11-5-7-15-23(21)25)35(2)28(33(20-34,29(32)36)31(38)40-4)26-18-10-14-22-12-6-8-16-24(22)26/h5-18,27-28H,19-20H2,1-4H3. The molecule has 6 rings (SSSR count). The smallest absolute Gasteiger partial charge is 0.322 e. The molecule has 4 unspecified atom stereocenters. The number of likely N-dealkylation sites (tertiary alicyclic amines) is 2. The van der Waals surface area contributed by atoms with Crippen LogP contribution in [0.25, 0.3) is 21.5 Å². The zero-order chi connectivity index (χ0) is 28.2. The third kappa shape index (κ3) is 3.41. The second-order valence-corrected chi connectivity index (χ2v) is 11.0. The van der Waals surface area contributed by atoms with Gasteiger partial charge in [0.2, 0.25) is 0 Å². The Labute approximate surface area is 233 Å². The Morgan fingerprint density at radius 1 is 0.675 bits per heavy atom. The Kier molecular flexibility index (Phi) is 6.24. The highest BCUT2D eigenvalue weighted by atomic mass is 16.5. The average molecular weight is 537 g/mol. The molecule has 0 N–H and O–H groups in total. The van der Waals surface area contributed by atoms with Crippen LogP contribution in [0.4, 0.5) is 0 Å². The molecular weight excluding hydrogens is 504 g/mol. The highest BCUT2D eigenvalue weighted by Crippen LogP contribution is 2.61. The lowest BCUT2D eigenvalue weighted by atomic mass is 9.53. The SMILES string of the molecule is COC(=O)C12CN(C)CC(C(=O)OC)(C1=O)C(c1cccc3ccccc13)N(C)C2c1cccc2ccccc12. The predicted octanol–water partition coefficient (Wildman–Crippen LogP) is 4.55. The lowest BCUT2D eigenvalue weighted by molar-refractivity contribution is -0.202. The van der Waals surface area contributed by atoms with E-state index in [9.17, 15) is 9.59 Å². The number of benzene rings is 4. The van der Waals surface area contributed by atoms with E-state index in [2.05, 4.69) is 0 Å². The van der Waals surface area contributed by atoms with Gasteiger partial charge >= 0.3 is 11.9 Å². The van der Waals surface area contributed by atoms with Gasteiger partial charge in [-0.1, -0.05) is 84.9 Å². The first kappa shape index (κ1) is 26.2. The third-order valence-corrected chi connectivity index (χ3v) is 8.93. The van der Waals surface area contributed by atoms with Crippen LogP contribution in [0.15, 0.2) is 84.9 Å². The molecule has 0 saturated carbocycles. The molecule has 2 bridgehead atoms. The molecule has 0 spiro atoms. The molecule has 0 amide bonds. The quantitative estimate of drug-likeness (QED) is 0.280. The maximum atomic E-state index is 15.1. The van der Waals surface area contributed by atoms with E-state index in [1.807, 2.05) is 109 Å². The minimum absolute atomic E-state index is 0.109. The van der Waals surface area contributed by atoms with Crippen LogP contribution in [0.3, 0.4) is 0 Å². The summed E-state index contributed by atoms with van der Waals surface area (Å²) in [6.07, 6.45) is 0. The Morgan fingerprint density at radius 2 is 1.07 bits per heavy atom. The number of carbonyl (C=O) groups is 3. The van der Waals surface area contributed by atoms with Crippen LogP contribution in [0.2, 0.25) is 0 Å². The number of hydrogen-bond donors (Lipinski definition) is 0. The normalized spacial score (nSPS) is 27.1. The molecule has 40 heavy (non-hydrogen) atoms. The highest BCUT2D eigenvalue weighted by molar-refractivity contribution is 6.18. The fraction of sp³-hybridized carbons (Fsp3) is 0.303. The number of carbonyl (C=O) groups excluding carboxylic acids is 3. The fourth-order valence-corrected chi connectivity index (χ4v) is 7.56. The van der Waals surface area contributed by atoms with E-state index < -0.39 is 40.6 Å². The van der Waals surface area contributed by atoms with Crippen molar-refractivity contribution in [2.75, 3.05) is 41.4 Å². The minimum Gasteiger partial charge on any atom is -0.468 e. The molecule has 4 aromatic carbocycles. The third-order valence-electron chi connectivity index (χ3n) is 8.93. The van der Waals surface area contributed by atoms with Crippen molar-refractivity contribution in [2.45, 2.75) is 12.1 Å². The molecule has 2 fully saturated rings. The second-order valence-electron chi connectivity index (χ2n) is 11.0. The lowest BCUT2D eigenvalue weighted by Crippen LogP contribution is -2.75. The van der Waals surface area contributed by atoms with Crippen molar-refractivity contribution in [3.8, 4) is 0 Å². The highest BCUT2D eigenvalue weighted by Gasteiger charge is 2.74. The largest absolute Gasteiger partial charge is 0.468 e. The Morgan fingerprint density at radius 3 is 1.50 bits per heavy atom. The van der Waals surface area contributed by atoms with E-state index in [4.69, 9.17) is 9.47 Å². The first-order chi connectivity index (χ1) is 19.3. The summed E-state index contributed by atoms with van der Waals surface area (Å²) in [6.45, 7) is 0.218. The minimum atomic E-state index is -1.67. The van der Waals surface area contributed by atoms with E-state index in [1.54, 1.807) is 0 Å². The molecule has 7 nitrogen and oxygen atoms in total. The summed E-state index contributed by atoms with van der Waals surface area (Å²) in [4.78, 5) is 47.0. The summed E-state index contributed by atoms with van der Waals surface area (Å²) < 4.78 is 10.8. The van der Waals surface area contributed by atoms with Crippen molar-refractivity contribution >= 4 is 39.3 Å². The maximum Gasteiger partial charge on any atom is 0.322 e. The van der Waals surface area contributed by atoms with Crippen LogP contribution in [0.1, 0.15) is 23.2 Å². The maximum absolute atomic E-state index is 15.1. The first-order valence-electron chi connectivity index (χ1n) is 13.4. The van der Waals surface area contributed by atoms with Crippen molar-refractivity contribution in [3.05, 3.63) is 96.1 Å². The number of esters is 2. The molecule has 2 aliphatic heterocycles. The molecule has 2 aliphatic rings. The van der Waals surface area contributed by atoms with E-state index in [0.717, 1.165) is 32.7 Å². The molecular formula is C33H32N2O5. The van der Waals surface area contributed by atoms with Gasteiger partial charge in [0.05, 0.1) is 26.3 Å². The summed E-state index contributed by atoms with van der Waals surface area (Å²) in [5.74, 6) is -1.76. The van der Waals surface area contributed by atoms with Gasteiger partial charge in [-0.05, 0) is 46.8 Å². The van der Waals surface area contributed by atoms with Crippen molar-refractivity contribution in [2.24, 2.45) is 10.8 Å². The first-order valence-corrected chi connectivity index (χ1v) is 13.4. The van der Waals surface area contributed by atoms with Crippen molar-refractivity contribution < 1.29 is 23.9 Å². The molecule has 0 aliphatic carbocycles. The summed E-state index contributed by atoms with van der Waals surface area (Å²) >= 11 is 0. The molecule has 2 heterocycles. The van der Waals surface area contributed by atoms with Crippen LogP contribution in [-0.2, 0) is 23.9 Å². The zero-order valence-electron chi connectivity index (χ0n) is 23.1. The lowest BCUT2D eigenvalue weighted by Gasteiger charge is -2.61. The molecule has 0 aromatic heterocycles. The van der Waals surface area contributed by atoms with E-state index in [0.29, 0.717) is 0 Å². The summed E-state index contributed by atoms with van der Waals surface area (Å²) in [5, 5.41) is 3.87. The number of ether oxygens (including phenoxy) is 2. The molecule has 4 atom stereocenters. The Hall–Kier alpha value is -4.07. The summed E-state index contributed by atoms with van der Waals surface area (Å²) in [5.41, 5.74) is -1.68. The number of piperidine rings is 2. The number of fused-ring (bicyclic) bond motifs is 4. The number of rotatable bonds is 4. The average Bonchev–Trinajstić information content (AvgIpc) is 2.98. The fourth-order valence-electron chi connectivity index (χ4n) is 7.56. The van der Waals surface area contributed by atoms with E-state index >= 15 is 4.79 Å². The van der Waals surface area contributed by atoms with Crippen LogP contribution in [-0.4, -0.2) is 68.9 Å². The molecule has 2 saturated heterocycles. The Bertz CT molecular complexity index is 1540.